The summed E-state index contributed by atoms with van der Waals surface area (Å²) in [5.74, 6) is -0.193. The molecule has 5 nitrogen and oxygen atoms in total. The van der Waals surface area contributed by atoms with Crippen LogP contribution >= 0.6 is 0 Å². The van der Waals surface area contributed by atoms with E-state index < -0.39 is 11.5 Å². The first-order valence-electron chi connectivity index (χ1n) is 6.89. The van der Waals surface area contributed by atoms with E-state index in [0.29, 0.717) is 18.6 Å². The fourth-order valence-electron chi connectivity index (χ4n) is 2.78. The van der Waals surface area contributed by atoms with E-state index in [0.717, 1.165) is 18.4 Å². The monoisotopic (exact) mass is 279 g/mol. The van der Waals surface area contributed by atoms with Crippen LogP contribution in [0.4, 0.5) is 0 Å². The van der Waals surface area contributed by atoms with Crippen LogP contribution in [0.25, 0.3) is 0 Å². The van der Waals surface area contributed by atoms with Gasteiger partial charge >= 0.3 is 5.97 Å². The third-order valence-corrected chi connectivity index (χ3v) is 4.03. The SMILES string of the molecule is CNC1(C(=O)O)CCCC(Oc2ccccc2CO)C1. The first-order chi connectivity index (χ1) is 9.61. The summed E-state index contributed by atoms with van der Waals surface area (Å²) in [7, 11) is 1.68. The summed E-state index contributed by atoms with van der Waals surface area (Å²) < 4.78 is 5.92. The van der Waals surface area contributed by atoms with Crippen LogP contribution < -0.4 is 10.1 Å². The van der Waals surface area contributed by atoms with E-state index in [-0.39, 0.29) is 12.7 Å². The van der Waals surface area contributed by atoms with E-state index in [1.54, 1.807) is 13.1 Å². The number of aliphatic carboxylic acids is 1. The Morgan fingerprint density at radius 1 is 1.50 bits per heavy atom. The Labute approximate surface area is 118 Å². The second-order valence-corrected chi connectivity index (χ2v) is 5.24. The van der Waals surface area contributed by atoms with Gasteiger partial charge in [0.15, 0.2) is 0 Å². The number of hydrogen-bond donors (Lipinski definition) is 3. The zero-order valence-corrected chi connectivity index (χ0v) is 11.6. The summed E-state index contributed by atoms with van der Waals surface area (Å²) in [6.07, 6.45) is 2.52. The van der Waals surface area contributed by atoms with Crippen LogP contribution in [0.15, 0.2) is 24.3 Å². The number of nitrogens with one attached hydrogen (secondary N) is 1. The lowest BCUT2D eigenvalue weighted by Gasteiger charge is -2.37. The van der Waals surface area contributed by atoms with Gasteiger partial charge in [-0.3, -0.25) is 4.79 Å². The van der Waals surface area contributed by atoms with Gasteiger partial charge in [-0.1, -0.05) is 18.2 Å². The van der Waals surface area contributed by atoms with Crippen molar-refractivity contribution in [2.75, 3.05) is 7.05 Å². The Balaban J connectivity index is 2.12. The molecule has 0 heterocycles. The summed E-state index contributed by atoms with van der Waals surface area (Å²) in [5.41, 5.74) is -0.180. The zero-order chi connectivity index (χ0) is 14.6. The molecule has 110 valence electrons. The van der Waals surface area contributed by atoms with Gasteiger partial charge in [0.2, 0.25) is 0 Å². The van der Waals surface area contributed by atoms with Crippen molar-refractivity contribution in [1.29, 1.82) is 0 Å². The summed E-state index contributed by atoms with van der Waals surface area (Å²) in [6, 6.07) is 7.30. The van der Waals surface area contributed by atoms with Gasteiger partial charge in [0, 0.05) is 12.0 Å². The molecule has 0 radical (unpaired) electrons. The highest BCUT2D eigenvalue weighted by molar-refractivity contribution is 5.79. The van der Waals surface area contributed by atoms with E-state index >= 15 is 0 Å². The molecule has 1 aromatic rings. The molecule has 1 aromatic carbocycles. The number of carboxylic acids is 1. The zero-order valence-electron chi connectivity index (χ0n) is 11.6. The van der Waals surface area contributed by atoms with Crippen LogP contribution in [0.5, 0.6) is 5.75 Å². The van der Waals surface area contributed by atoms with Gasteiger partial charge in [-0.05, 0) is 32.4 Å². The summed E-state index contributed by atoms with van der Waals surface area (Å²) in [4.78, 5) is 11.5. The number of aliphatic hydroxyl groups excluding tert-OH is 1. The standard InChI is InChI=1S/C15H21NO4/c1-16-15(14(18)19)8-4-6-12(9-15)20-13-7-3-2-5-11(13)10-17/h2-3,5,7,12,16-17H,4,6,8-10H2,1H3,(H,18,19). The number of likely N-dealkylation sites (N-methyl/N-ethyl adjacent to an activating group) is 1. The van der Waals surface area contributed by atoms with Crippen LogP contribution in [-0.2, 0) is 11.4 Å². The van der Waals surface area contributed by atoms with E-state index in [1.165, 1.54) is 0 Å². The van der Waals surface area contributed by atoms with E-state index in [1.807, 2.05) is 18.2 Å². The molecule has 1 aliphatic carbocycles. The molecule has 0 spiro atoms. The predicted molar refractivity (Wildman–Crippen MR) is 74.7 cm³/mol. The van der Waals surface area contributed by atoms with E-state index in [9.17, 15) is 15.0 Å². The lowest BCUT2D eigenvalue weighted by Crippen LogP contribution is -2.55. The van der Waals surface area contributed by atoms with Crippen molar-refractivity contribution >= 4 is 5.97 Å². The number of hydrogen-bond acceptors (Lipinski definition) is 4. The van der Waals surface area contributed by atoms with Gasteiger partial charge in [0.25, 0.3) is 0 Å². The quantitative estimate of drug-likeness (QED) is 0.762. The average Bonchev–Trinajstić information content (AvgIpc) is 2.47. The molecule has 2 atom stereocenters. The Kier molecular flexibility index (Phi) is 4.62. The topological polar surface area (TPSA) is 78.8 Å². The number of carbonyl (C=O) groups is 1. The van der Waals surface area contributed by atoms with Crippen LogP contribution in [0.1, 0.15) is 31.2 Å². The van der Waals surface area contributed by atoms with E-state index in [2.05, 4.69) is 5.32 Å². The maximum atomic E-state index is 11.5. The van der Waals surface area contributed by atoms with E-state index in [4.69, 9.17) is 4.74 Å². The van der Waals surface area contributed by atoms with Crippen molar-refractivity contribution in [2.45, 2.75) is 43.9 Å². The molecule has 3 N–H and O–H groups in total. The van der Waals surface area contributed by atoms with Gasteiger partial charge < -0.3 is 20.3 Å². The lowest BCUT2D eigenvalue weighted by atomic mass is 9.80. The lowest BCUT2D eigenvalue weighted by molar-refractivity contribution is -0.147. The fourth-order valence-corrected chi connectivity index (χ4v) is 2.78. The van der Waals surface area contributed by atoms with Crippen LogP contribution in [-0.4, -0.2) is 34.9 Å². The third kappa shape index (κ3) is 2.94. The average molecular weight is 279 g/mol. The smallest absolute Gasteiger partial charge is 0.324 e. The van der Waals surface area contributed by atoms with Crippen molar-refractivity contribution in [3.05, 3.63) is 29.8 Å². The van der Waals surface area contributed by atoms with Gasteiger partial charge in [0.05, 0.1) is 6.61 Å². The Bertz CT molecular complexity index is 477. The molecular weight excluding hydrogens is 258 g/mol. The first-order valence-corrected chi connectivity index (χ1v) is 6.89. The van der Waals surface area contributed by atoms with Crippen molar-refractivity contribution < 1.29 is 19.7 Å². The van der Waals surface area contributed by atoms with Gasteiger partial charge in [-0.15, -0.1) is 0 Å². The number of rotatable bonds is 5. The molecule has 0 aliphatic heterocycles. The molecule has 0 amide bonds. The Hall–Kier alpha value is -1.59. The highest BCUT2D eigenvalue weighted by Gasteiger charge is 2.42. The van der Waals surface area contributed by atoms with Crippen LogP contribution in [0.3, 0.4) is 0 Å². The predicted octanol–water partition coefficient (Wildman–Crippen LogP) is 1.54. The number of para-hydroxylation sites is 1. The first kappa shape index (κ1) is 14.8. The maximum Gasteiger partial charge on any atom is 0.324 e. The molecule has 5 heteroatoms. The van der Waals surface area contributed by atoms with Crippen molar-refractivity contribution in [1.82, 2.24) is 5.32 Å². The molecule has 1 aliphatic rings. The summed E-state index contributed by atoms with van der Waals surface area (Å²) >= 11 is 0. The van der Waals surface area contributed by atoms with Crippen LogP contribution in [0.2, 0.25) is 0 Å². The highest BCUT2D eigenvalue weighted by atomic mass is 16.5. The second kappa shape index (κ2) is 6.24. The summed E-state index contributed by atoms with van der Waals surface area (Å²) in [5, 5.41) is 21.6. The minimum absolute atomic E-state index is 0.0843. The van der Waals surface area contributed by atoms with Gasteiger partial charge in [0.1, 0.15) is 17.4 Å². The molecule has 1 fully saturated rings. The number of carboxylic acid groups (broad SMARTS) is 1. The fraction of sp³-hybridized carbons (Fsp3) is 0.533. The van der Waals surface area contributed by atoms with Gasteiger partial charge in [-0.2, -0.15) is 0 Å². The number of ether oxygens (including phenoxy) is 1. The molecule has 0 saturated heterocycles. The van der Waals surface area contributed by atoms with Crippen molar-refractivity contribution in [2.24, 2.45) is 0 Å². The van der Waals surface area contributed by atoms with Crippen molar-refractivity contribution in [3.8, 4) is 5.75 Å². The molecule has 0 aromatic heterocycles. The van der Waals surface area contributed by atoms with Gasteiger partial charge in [-0.25, -0.2) is 0 Å². The minimum Gasteiger partial charge on any atom is -0.490 e. The largest absolute Gasteiger partial charge is 0.490 e. The summed E-state index contributed by atoms with van der Waals surface area (Å²) in [6.45, 7) is -0.0843. The molecule has 0 bridgehead atoms. The Morgan fingerprint density at radius 3 is 2.90 bits per heavy atom. The highest BCUT2D eigenvalue weighted by Crippen LogP contribution is 2.32. The molecule has 1 saturated carbocycles. The third-order valence-electron chi connectivity index (χ3n) is 4.03. The van der Waals surface area contributed by atoms with Crippen LogP contribution in [0, 0.1) is 0 Å². The number of aliphatic hydroxyl groups is 1. The minimum atomic E-state index is -0.906. The Morgan fingerprint density at radius 2 is 2.25 bits per heavy atom. The molecule has 2 unspecified atom stereocenters. The molecule has 2 rings (SSSR count). The second-order valence-electron chi connectivity index (χ2n) is 5.24. The number of benzene rings is 1. The molecular formula is C15H21NO4. The maximum absolute atomic E-state index is 11.5. The van der Waals surface area contributed by atoms with Crippen molar-refractivity contribution in [3.63, 3.8) is 0 Å². The normalized spacial score (nSPS) is 26.2. The molecule has 20 heavy (non-hydrogen) atoms.